The van der Waals surface area contributed by atoms with Crippen LogP contribution in [-0.4, -0.2) is 18.2 Å². The summed E-state index contributed by atoms with van der Waals surface area (Å²) in [7, 11) is 0. The molecule has 4 rings (SSSR count). The Labute approximate surface area is 129 Å². The summed E-state index contributed by atoms with van der Waals surface area (Å²) in [5.41, 5.74) is 3.48. The van der Waals surface area contributed by atoms with Crippen LogP contribution in [0.4, 0.5) is 0 Å². The summed E-state index contributed by atoms with van der Waals surface area (Å²) in [5, 5.41) is 0. The van der Waals surface area contributed by atoms with E-state index in [1.165, 1.54) is 70.6 Å². The second-order valence-electron chi connectivity index (χ2n) is 8.38. The molecule has 2 bridgehead atoms. The Hall–Kier alpha value is -0.120. The lowest BCUT2D eigenvalue weighted by atomic mass is 9.70. The Kier molecular flexibility index (Phi) is 4.01. The van der Waals surface area contributed by atoms with Crippen molar-refractivity contribution in [2.75, 3.05) is 6.61 Å². The maximum Gasteiger partial charge on any atom is 0.0685 e. The topological polar surface area (TPSA) is 47.3 Å². The molecule has 120 valence electrons. The maximum atomic E-state index is 6.29. The van der Waals surface area contributed by atoms with Crippen LogP contribution >= 0.6 is 0 Å². The highest BCUT2D eigenvalue weighted by molar-refractivity contribution is 5.00. The fourth-order valence-corrected chi connectivity index (χ4v) is 6.26. The van der Waals surface area contributed by atoms with Crippen molar-refractivity contribution in [3.8, 4) is 0 Å². The van der Waals surface area contributed by atoms with E-state index in [9.17, 15) is 0 Å². The van der Waals surface area contributed by atoms with Crippen molar-refractivity contribution in [2.45, 2.75) is 82.3 Å². The Morgan fingerprint density at radius 2 is 1.90 bits per heavy atom. The molecule has 0 radical (unpaired) electrons. The molecule has 4 fully saturated rings. The highest BCUT2D eigenvalue weighted by Crippen LogP contribution is 2.52. The van der Waals surface area contributed by atoms with Crippen molar-refractivity contribution in [1.29, 1.82) is 0 Å². The highest BCUT2D eigenvalue weighted by atomic mass is 16.5. The summed E-state index contributed by atoms with van der Waals surface area (Å²) >= 11 is 0. The molecular weight excluding hydrogens is 260 g/mol. The Balaban J connectivity index is 1.46. The molecule has 3 saturated carbocycles. The van der Waals surface area contributed by atoms with Gasteiger partial charge in [-0.1, -0.05) is 25.7 Å². The average molecular weight is 292 g/mol. The standard InChI is InChI=1S/C18H32N2O/c19-20-17(16-11-13-4-5-14(16)10-13)15-6-9-21-18(12-15)7-2-1-3-8-18/h13-17,20H,1-12,19H2. The van der Waals surface area contributed by atoms with Crippen LogP contribution < -0.4 is 11.3 Å². The molecule has 3 aliphatic carbocycles. The van der Waals surface area contributed by atoms with Crippen LogP contribution in [0.15, 0.2) is 0 Å². The van der Waals surface area contributed by atoms with Gasteiger partial charge in [-0.15, -0.1) is 0 Å². The monoisotopic (exact) mass is 292 g/mol. The fraction of sp³-hybridized carbons (Fsp3) is 1.00. The van der Waals surface area contributed by atoms with Crippen molar-refractivity contribution in [2.24, 2.45) is 29.5 Å². The Bertz CT molecular complexity index is 361. The number of nitrogens with one attached hydrogen (secondary N) is 1. The molecule has 1 spiro atoms. The zero-order chi connectivity index (χ0) is 14.3. The van der Waals surface area contributed by atoms with Crippen LogP contribution in [-0.2, 0) is 4.74 Å². The molecule has 3 heteroatoms. The first-order valence-corrected chi connectivity index (χ1v) is 9.40. The quantitative estimate of drug-likeness (QED) is 0.619. The van der Waals surface area contributed by atoms with E-state index in [2.05, 4.69) is 5.43 Å². The van der Waals surface area contributed by atoms with Crippen LogP contribution in [0.5, 0.6) is 0 Å². The summed E-state index contributed by atoms with van der Waals surface area (Å²) in [6, 6.07) is 0.544. The Morgan fingerprint density at radius 3 is 2.57 bits per heavy atom. The largest absolute Gasteiger partial charge is 0.375 e. The van der Waals surface area contributed by atoms with Crippen molar-refractivity contribution >= 4 is 0 Å². The lowest BCUT2D eigenvalue weighted by Crippen LogP contribution is -2.53. The third-order valence-corrected chi connectivity index (χ3v) is 7.25. The minimum atomic E-state index is 0.216. The number of rotatable bonds is 3. The zero-order valence-corrected chi connectivity index (χ0v) is 13.4. The van der Waals surface area contributed by atoms with Gasteiger partial charge < -0.3 is 4.74 Å². The van der Waals surface area contributed by atoms with Gasteiger partial charge in [0.05, 0.1) is 5.60 Å². The molecule has 3 nitrogen and oxygen atoms in total. The van der Waals surface area contributed by atoms with Gasteiger partial charge in [0.2, 0.25) is 0 Å². The zero-order valence-electron chi connectivity index (χ0n) is 13.4. The molecule has 0 amide bonds. The summed E-state index contributed by atoms with van der Waals surface area (Å²) in [6.45, 7) is 0.962. The van der Waals surface area contributed by atoms with Crippen LogP contribution in [0, 0.1) is 23.7 Å². The van der Waals surface area contributed by atoms with Crippen molar-refractivity contribution in [3.05, 3.63) is 0 Å². The molecule has 0 aromatic carbocycles. The molecule has 4 aliphatic rings. The van der Waals surface area contributed by atoms with E-state index >= 15 is 0 Å². The SMILES string of the molecule is NNC(C1CCOC2(CCCCC2)C1)C1CC2CCC1C2. The number of nitrogens with two attached hydrogens (primary N) is 1. The van der Waals surface area contributed by atoms with Crippen LogP contribution in [0.25, 0.3) is 0 Å². The molecule has 21 heavy (non-hydrogen) atoms. The fourth-order valence-electron chi connectivity index (χ4n) is 6.26. The van der Waals surface area contributed by atoms with Gasteiger partial charge in [-0.3, -0.25) is 11.3 Å². The van der Waals surface area contributed by atoms with E-state index in [1.807, 2.05) is 0 Å². The molecular formula is C18H32N2O. The van der Waals surface area contributed by atoms with Gasteiger partial charge in [0.15, 0.2) is 0 Å². The van der Waals surface area contributed by atoms with E-state index in [1.54, 1.807) is 0 Å². The summed E-state index contributed by atoms with van der Waals surface area (Å²) < 4.78 is 6.29. The molecule has 0 aromatic rings. The lowest BCUT2D eigenvalue weighted by Gasteiger charge is -2.47. The van der Waals surface area contributed by atoms with Crippen molar-refractivity contribution in [1.82, 2.24) is 5.43 Å². The first-order valence-electron chi connectivity index (χ1n) is 9.40. The first-order chi connectivity index (χ1) is 10.3. The number of fused-ring (bicyclic) bond motifs is 2. The third kappa shape index (κ3) is 2.66. The van der Waals surface area contributed by atoms with E-state index in [0.717, 1.165) is 30.3 Å². The molecule has 1 heterocycles. The van der Waals surface area contributed by atoms with Gasteiger partial charge in [-0.05, 0) is 68.6 Å². The predicted molar refractivity (Wildman–Crippen MR) is 84.5 cm³/mol. The molecule has 0 aromatic heterocycles. The molecule has 1 saturated heterocycles. The second kappa shape index (κ2) is 5.82. The van der Waals surface area contributed by atoms with Crippen LogP contribution in [0.2, 0.25) is 0 Å². The summed E-state index contributed by atoms with van der Waals surface area (Å²) in [6.07, 6.45) is 15.0. The van der Waals surface area contributed by atoms with E-state index < -0.39 is 0 Å². The number of ether oxygens (including phenoxy) is 1. The maximum absolute atomic E-state index is 6.29. The minimum absolute atomic E-state index is 0.216. The first kappa shape index (κ1) is 14.5. The lowest BCUT2D eigenvalue weighted by molar-refractivity contribution is -0.125. The summed E-state index contributed by atoms with van der Waals surface area (Å²) in [4.78, 5) is 0. The van der Waals surface area contributed by atoms with Gasteiger partial charge in [-0.25, -0.2) is 0 Å². The van der Waals surface area contributed by atoms with E-state index in [4.69, 9.17) is 10.6 Å². The molecule has 5 unspecified atom stereocenters. The number of hydrazine groups is 1. The van der Waals surface area contributed by atoms with Gasteiger partial charge in [0, 0.05) is 12.6 Å². The van der Waals surface area contributed by atoms with Crippen molar-refractivity contribution < 1.29 is 4.74 Å². The van der Waals surface area contributed by atoms with Crippen molar-refractivity contribution in [3.63, 3.8) is 0 Å². The number of hydrogen-bond acceptors (Lipinski definition) is 3. The van der Waals surface area contributed by atoms with Gasteiger partial charge in [-0.2, -0.15) is 0 Å². The molecule has 1 aliphatic heterocycles. The highest BCUT2D eigenvalue weighted by Gasteiger charge is 2.48. The predicted octanol–water partition coefficient (Wildman–Crippen LogP) is 3.38. The van der Waals surface area contributed by atoms with Crippen LogP contribution in [0.3, 0.4) is 0 Å². The summed E-state index contributed by atoms with van der Waals surface area (Å²) in [5.74, 6) is 9.60. The van der Waals surface area contributed by atoms with Gasteiger partial charge in [0.25, 0.3) is 0 Å². The van der Waals surface area contributed by atoms with Gasteiger partial charge in [0.1, 0.15) is 0 Å². The van der Waals surface area contributed by atoms with E-state index in [-0.39, 0.29) is 5.60 Å². The number of hydrogen-bond donors (Lipinski definition) is 2. The second-order valence-corrected chi connectivity index (χ2v) is 8.38. The Morgan fingerprint density at radius 1 is 1.05 bits per heavy atom. The smallest absolute Gasteiger partial charge is 0.0685 e. The third-order valence-electron chi connectivity index (χ3n) is 7.25. The molecule has 3 N–H and O–H groups in total. The van der Waals surface area contributed by atoms with Gasteiger partial charge >= 0.3 is 0 Å². The normalized spacial score (nSPS) is 43.3. The molecule has 5 atom stereocenters. The van der Waals surface area contributed by atoms with Crippen LogP contribution in [0.1, 0.15) is 70.6 Å². The minimum Gasteiger partial charge on any atom is -0.375 e. The average Bonchev–Trinajstić information content (AvgIpc) is 3.12. The van der Waals surface area contributed by atoms with E-state index in [0.29, 0.717) is 6.04 Å².